The summed E-state index contributed by atoms with van der Waals surface area (Å²) in [6.07, 6.45) is 0.989. The summed E-state index contributed by atoms with van der Waals surface area (Å²) >= 11 is 0. The molecule has 1 N–H and O–H groups in total. The van der Waals surface area contributed by atoms with Crippen molar-refractivity contribution in [3.8, 4) is 0 Å². The van der Waals surface area contributed by atoms with Crippen LogP contribution in [0, 0.1) is 27.7 Å². The molecule has 24 heavy (non-hydrogen) atoms. The minimum Gasteiger partial charge on any atom is -0.379 e. The standard InChI is InChI=1S/C21H26N2O/c1-6-18-12-23(20-11-16(5)15(4)10-19(20)22-18)21(24)17-8-13(2)7-14(3)9-17/h7-11,18,22H,6,12H2,1-5H3. The lowest BCUT2D eigenvalue weighted by molar-refractivity contribution is 0.0984. The predicted molar refractivity (Wildman–Crippen MR) is 101 cm³/mol. The van der Waals surface area contributed by atoms with E-state index in [2.05, 4.69) is 44.3 Å². The molecule has 3 heteroatoms. The number of benzene rings is 2. The van der Waals surface area contributed by atoms with Gasteiger partial charge in [-0.25, -0.2) is 0 Å². The van der Waals surface area contributed by atoms with Crippen LogP contribution < -0.4 is 10.2 Å². The Morgan fingerprint density at radius 3 is 2.29 bits per heavy atom. The number of amides is 1. The fraction of sp³-hybridized carbons (Fsp3) is 0.381. The summed E-state index contributed by atoms with van der Waals surface area (Å²) in [7, 11) is 0. The van der Waals surface area contributed by atoms with Crippen LogP contribution in [-0.4, -0.2) is 18.5 Å². The van der Waals surface area contributed by atoms with Crippen molar-refractivity contribution in [3.05, 3.63) is 58.1 Å². The Balaban J connectivity index is 2.06. The number of rotatable bonds is 2. The Morgan fingerprint density at radius 2 is 1.67 bits per heavy atom. The van der Waals surface area contributed by atoms with Gasteiger partial charge in [-0.1, -0.05) is 24.1 Å². The minimum atomic E-state index is 0.0891. The van der Waals surface area contributed by atoms with Gasteiger partial charge in [-0.05, 0) is 69.5 Å². The SMILES string of the molecule is CCC1CN(C(=O)c2cc(C)cc(C)c2)c2cc(C)c(C)cc2N1. The summed E-state index contributed by atoms with van der Waals surface area (Å²) < 4.78 is 0. The highest BCUT2D eigenvalue weighted by molar-refractivity contribution is 6.08. The van der Waals surface area contributed by atoms with Crippen molar-refractivity contribution in [1.29, 1.82) is 0 Å². The van der Waals surface area contributed by atoms with Crippen molar-refractivity contribution in [2.75, 3.05) is 16.8 Å². The summed E-state index contributed by atoms with van der Waals surface area (Å²) in [4.78, 5) is 15.2. The quantitative estimate of drug-likeness (QED) is 0.863. The molecule has 1 heterocycles. The second-order valence-corrected chi connectivity index (χ2v) is 7.00. The van der Waals surface area contributed by atoms with Crippen molar-refractivity contribution in [3.63, 3.8) is 0 Å². The van der Waals surface area contributed by atoms with E-state index in [4.69, 9.17) is 0 Å². The molecular formula is C21H26N2O. The van der Waals surface area contributed by atoms with Crippen molar-refractivity contribution in [2.45, 2.75) is 47.1 Å². The zero-order chi connectivity index (χ0) is 17.4. The molecule has 2 aromatic rings. The van der Waals surface area contributed by atoms with E-state index in [0.29, 0.717) is 6.54 Å². The molecular weight excluding hydrogens is 296 g/mol. The van der Waals surface area contributed by atoms with E-state index in [1.165, 1.54) is 11.1 Å². The zero-order valence-electron chi connectivity index (χ0n) is 15.2. The van der Waals surface area contributed by atoms with E-state index in [9.17, 15) is 4.79 Å². The smallest absolute Gasteiger partial charge is 0.258 e. The molecule has 3 rings (SSSR count). The van der Waals surface area contributed by atoms with Crippen LogP contribution in [0.4, 0.5) is 11.4 Å². The number of hydrogen-bond donors (Lipinski definition) is 1. The summed E-state index contributed by atoms with van der Waals surface area (Å²) in [5.74, 6) is 0.0891. The van der Waals surface area contributed by atoms with E-state index in [1.54, 1.807) is 0 Å². The van der Waals surface area contributed by atoms with Gasteiger partial charge < -0.3 is 10.2 Å². The highest BCUT2D eigenvalue weighted by atomic mass is 16.2. The molecule has 0 radical (unpaired) electrons. The molecule has 1 amide bonds. The van der Waals surface area contributed by atoms with Crippen LogP contribution >= 0.6 is 0 Å². The van der Waals surface area contributed by atoms with Crippen LogP contribution in [0.2, 0.25) is 0 Å². The first-order chi connectivity index (χ1) is 11.4. The maximum absolute atomic E-state index is 13.2. The first kappa shape index (κ1) is 16.6. The number of carbonyl (C=O) groups excluding carboxylic acids is 1. The Hall–Kier alpha value is -2.29. The predicted octanol–water partition coefficient (Wildman–Crippen LogP) is 4.77. The molecule has 0 saturated heterocycles. The summed E-state index contributed by atoms with van der Waals surface area (Å²) in [6.45, 7) is 11.2. The van der Waals surface area contributed by atoms with E-state index >= 15 is 0 Å². The third kappa shape index (κ3) is 3.03. The van der Waals surface area contributed by atoms with Gasteiger partial charge in [0.25, 0.3) is 5.91 Å². The van der Waals surface area contributed by atoms with E-state index < -0.39 is 0 Å². The van der Waals surface area contributed by atoms with Crippen LogP contribution in [-0.2, 0) is 0 Å². The maximum atomic E-state index is 13.2. The average molecular weight is 322 g/mol. The maximum Gasteiger partial charge on any atom is 0.258 e. The van der Waals surface area contributed by atoms with Gasteiger partial charge in [-0.2, -0.15) is 0 Å². The van der Waals surface area contributed by atoms with Crippen molar-refractivity contribution in [1.82, 2.24) is 0 Å². The van der Waals surface area contributed by atoms with Crippen LogP contribution in [0.5, 0.6) is 0 Å². The van der Waals surface area contributed by atoms with E-state index in [0.717, 1.165) is 34.5 Å². The van der Waals surface area contributed by atoms with Crippen LogP contribution in [0.25, 0.3) is 0 Å². The molecule has 126 valence electrons. The number of anilines is 2. The number of nitrogens with one attached hydrogen (secondary N) is 1. The average Bonchev–Trinajstić information content (AvgIpc) is 2.53. The lowest BCUT2D eigenvalue weighted by Crippen LogP contribution is -2.44. The molecule has 2 aromatic carbocycles. The van der Waals surface area contributed by atoms with Crippen LogP contribution in [0.1, 0.15) is 46.0 Å². The van der Waals surface area contributed by atoms with Crippen molar-refractivity contribution in [2.24, 2.45) is 0 Å². The summed E-state index contributed by atoms with van der Waals surface area (Å²) in [6, 6.07) is 10.6. The number of hydrogen-bond acceptors (Lipinski definition) is 2. The molecule has 0 saturated carbocycles. The van der Waals surface area contributed by atoms with Gasteiger partial charge in [-0.3, -0.25) is 4.79 Å². The highest BCUT2D eigenvalue weighted by Gasteiger charge is 2.28. The highest BCUT2D eigenvalue weighted by Crippen LogP contribution is 2.35. The topological polar surface area (TPSA) is 32.3 Å². The van der Waals surface area contributed by atoms with Gasteiger partial charge in [0.2, 0.25) is 0 Å². The van der Waals surface area contributed by atoms with Gasteiger partial charge in [0.05, 0.1) is 11.4 Å². The molecule has 1 unspecified atom stereocenters. The molecule has 0 aromatic heterocycles. The lowest BCUT2D eigenvalue weighted by Gasteiger charge is -2.36. The number of nitrogens with zero attached hydrogens (tertiary/aromatic N) is 1. The Bertz CT molecular complexity index is 774. The zero-order valence-corrected chi connectivity index (χ0v) is 15.2. The van der Waals surface area contributed by atoms with Gasteiger partial charge in [0.1, 0.15) is 0 Å². The first-order valence-electron chi connectivity index (χ1n) is 8.67. The second-order valence-electron chi connectivity index (χ2n) is 7.00. The fourth-order valence-corrected chi connectivity index (χ4v) is 3.40. The molecule has 0 spiro atoms. The van der Waals surface area contributed by atoms with E-state index in [-0.39, 0.29) is 11.9 Å². The first-order valence-corrected chi connectivity index (χ1v) is 8.67. The molecule has 1 atom stereocenters. The largest absolute Gasteiger partial charge is 0.379 e. The molecule has 0 aliphatic carbocycles. The second kappa shape index (κ2) is 6.31. The molecule has 1 aliphatic heterocycles. The number of aryl methyl sites for hydroxylation is 4. The van der Waals surface area contributed by atoms with Gasteiger partial charge in [0.15, 0.2) is 0 Å². The summed E-state index contributed by atoms with van der Waals surface area (Å²) in [5.41, 5.74) is 7.54. The van der Waals surface area contributed by atoms with Gasteiger partial charge >= 0.3 is 0 Å². The normalized spacial score (nSPS) is 16.5. The lowest BCUT2D eigenvalue weighted by atomic mass is 10.0. The third-order valence-electron chi connectivity index (χ3n) is 4.87. The third-order valence-corrected chi connectivity index (χ3v) is 4.87. The summed E-state index contributed by atoms with van der Waals surface area (Å²) in [5, 5.41) is 3.58. The fourth-order valence-electron chi connectivity index (χ4n) is 3.40. The van der Waals surface area contributed by atoms with Crippen LogP contribution in [0.3, 0.4) is 0 Å². The van der Waals surface area contributed by atoms with Gasteiger partial charge in [-0.15, -0.1) is 0 Å². The van der Waals surface area contributed by atoms with Gasteiger partial charge in [0, 0.05) is 18.2 Å². The Kier molecular flexibility index (Phi) is 4.35. The van der Waals surface area contributed by atoms with Crippen molar-refractivity contribution >= 4 is 17.3 Å². The Labute approximate surface area is 144 Å². The molecule has 3 nitrogen and oxygen atoms in total. The monoisotopic (exact) mass is 322 g/mol. The molecule has 0 fully saturated rings. The minimum absolute atomic E-state index is 0.0891. The number of carbonyl (C=O) groups is 1. The van der Waals surface area contributed by atoms with Crippen LogP contribution in [0.15, 0.2) is 30.3 Å². The Morgan fingerprint density at radius 1 is 1.04 bits per heavy atom. The van der Waals surface area contributed by atoms with E-state index in [1.807, 2.05) is 30.9 Å². The number of fused-ring (bicyclic) bond motifs is 1. The molecule has 0 bridgehead atoms. The molecule has 1 aliphatic rings. The van der Waals surface area contributed by atoms with Crippen molar-refractivity contribution < 1.29 is 4.79 Å².